The number of hydrogen-bond donors (Lipinski definition) is 1. The average Bonchev–Trinajstić information content (AvgIpc) is 2.46. The van der Waals surface area contributed by atoms with Crippen molar-refractivity contribution in [1.29, 1.82) is 0 Å². The van der Waals surface area contributed by atoms with Crippen molar-refractivity contribution in [1.82, 2.24) is 4.98 Å². The lowest BCUT2D eigenvalue weighted by Gasteiger charge is -2.31. The van der Waals surface area contributed by atoms with Crippen LogP contribution in [0.3, 0.4) is 0 Å². The number of nitrogens with two attached hydrogens (primary N) is 1. The molecule has 1 aromatic heterocycles. The van der Waals surface area contributed by atoms with Gasteiger partial charge in [0.05, 0.1) is 0 Å². The van der Waals surface area contributed by atoms with E-state index in [-0.39, 0.29) is 0 Å². The molecule has 2 aromatic rings. The van der Waals surface area contributed by atoms with Gasteiger partial charge in [0.2, 0.25) is 0 Å². The van der Waals surface area contributed by atoms with Gasteiger partial charge >= 0.3 is 0 Å². The maximum Gasteiger partial charge on any atom is 0.137 e. The molecule has 2 heterocycles. The Morgan fingerprint density at radius 2 is 2.05 bits per heavy atom. The van der Waals surface area contributed by atoms with Gasteiger partial charge in [-0.2, -0.15) is 0 Å². The molecule has 0 atom stereocenters. The minimum Gasteiger partial charge on any atom is -0.326 e. The largest absolute Gasteiger partial charge is 0.326 e. The lowest BCUT2D eigenvalue weighted by molar-refractivity contribution is 0.754. The predicted octanol–water partition coefficient (Wildman–Crippen LogP) is 2.93. The van der Waals surface area contributed by atoms with Crippen LogP contribution >= 0.6 is 0 Å². The standard InChI is InChI=1S/C16H19N3/c1-12-8-9-14(11-17)16(18-12)19-10-4-6-13-5-2-3-7-15(13)19/h2-3,5,7-9H,4,6,10-11,17H2,1H3. The number of hydrogen-bond acceptors (Lipinski definition) is 3. The van der Waals surface area contributed by atoms with Crippen LogP contribution in [0.5, 0.6) is 0 Å². The lowest BCUT2D eigenvalue weighted by Crippen LogP contribution is -2.27. The van der Waals surface area contributed by atoms with Gasteiger partial charge in [0, 0.05) is 30.0 Å². The summed E-state index contributed by atoms with van der Waals surface area (Å²) in [5.74, 6) is 1.02. The minimum absolute atomic E-state index is 0.529. The van der Waals surface area contributed by atoms with Gasteiger partial charge in [-0.15, -0.1) is 0 Å². The fourth-order valence-corrected chi connectivity index (χ4v) is 2.72. The summed E-state index contributed by atoms with van der Waals surface area (Å²) in [6.45, 7) is 3.57. The maximum atomic E-state index is 5.86. The van der Waals surface area contributed by atoms with E-state index in [2.05, 4.69) is 35.2 Å². The zero-order valence-corrected chi connectivity index (χ0v) is 11.3. The van der Waals surface area contributed by atoms with Crippen molar-refractivity contribution in [2.24, 2.45) is 5.73 Å². The van der Waals surface area contributed by atoms with Gasteiger partial charge in [-0.1, -0.05) is 24.3 Å². The van der Waals surface area contributed by atoms with Crippen molar-refractivity contribution < 1.29 is 0 Å². The van der Waals surface area contributed by atoms with Gasteiger partial charge in [0.1, 0.15) is 5.82 Å². The summed E-state index contributed by atoms with van der Waals surface area (Å²) in [5.41, 5.74) is 10.7. The Labute approximate surface area is 114 Å². The van der Waals surface area contributed by atoms with Crippen molar-refractivity contribution in [3.63, 3.8) is 0 Å². The zero-order valence-electron chi connectivity index (χ0n) is 11.3. The summed E-state index contributed by atoms with van der Waals surface area (Å²) in [4.78, 5) is 7.03. The second-order valence-electron chi connectivity index (χ2n) is 5.02. The van der Waals surface area contributed by atoms with Gasteiger partial charge < -0.3 is 10.6 Å². The van der Waals surface area contributed by atoms with E-state index in [4.69, 9.17) is 10.7 Å². The number of pyridine rings is 1. The third-order valence-electron chi connectivity index (χ3n) is 3.68. The lowest BCUT2D eigenvalue weighted by atomic mass is 10.0. The molecule has 0 radical (unpaired) electrons. The highest BCUT2D eigenvalue weighted by atomic mass is 15.2. The Morgan fingerprint density at radius 3 is 2.89 bits per heavy atom. The second-order valence-corrected chi connectivity index (χ2v) is 5.02. The van der Waals surface area contributed by atoms with E-state index in [1.54, 1.807) is 0 Å². The van der Waals surface area contributed by atoms with Crippen molar-refractivity contribution in [2.75, 3.05) is 11.4 Å². The van der Waals surface area contributed by atoms with E-state index in [9.17, 15) is 0 Å². The first-order valence-corrected chi connectivity index (χ1v) is 6.81. The number of aromatic nitrogens is 1. The van der Waals surface area contributed by atoms with Crippen molar-refractivity contribution >= 4 is 11.5 Å². The number of benzene rings is 1. The third-order valence-corrected chi connectivity index (χ3v) is 3.68. The molecule has 3 heteroatoms. The van der Waals surface area contributed by atoms with Gasteiger partial charge in [-0.05, 0) is 37.5 Å². The molecule has 3 rings (SSSR count). The van der Waals surface area contributed by atoms with E-state index in [1.165, 1.54) is 11.3 Å². The summed E-state index contributed by atoms with van der Waals surface area (Å²) < 4.78 is 0. The highest BCUT2D eigenvalue weighted by Crippen LogP contribution is 2.33. The van der Waals surface area contributed by atoms with E-state index in [0.29, 0.717) is 6.54 Å². The van der Waals surface area contributed by atoms with Crippen molar-refractivity contribution in [3.8, 4) is 0 Å². The molecule has 0 unspecified atom stereocenters. The van der Waals surface area contributed by atoms with E-state index >= 15 is 0 Å². The summed E-state index contributed by atoms with van der Waals surface area (Å²) in [6.07, 6.45) is 2.31. The maximum absolute atomic E-state index is 5.86. The average molecular weight is 253 g/mol. The first-order valence-electron chi connectivity index (χ1n) is 6.81. The number of aryl methyl sites for hydroxylation is 2. The van der Waals surface area contributed by atoms with Crippen LogP contribution in [0, 0.1) is 6.92 Å². The Kier molecular flexibility index (Phi) is 3.22. The van der Waals surface area contributed by atoms with Gasteiger partial charge in [-0.25, -0.2) is 4.98 Å². The Morgan fingerprint density at radius 1 is 1.21 bits per heavy atom. The molecule has 1 aromatic carbocycles. The first kappa shape index (κ1) is 12.2. The normalized spacial score (nSPS) is 14.3. The number of anilines is 2. The molecule has 0 saturated carbocycles. The summed E-state index contributed by atoms with van der Waals surface area (Å²) in [6, 6.07) is 12.7. The molecule has 0 fully saturated rings. The molecular weight excluding hydrogens is 234 g/mol. The molecule has 3 nitrogen and oxygen atoms in total. The van der Waals surface area contributed by atoms with Crippen LogP contribution in [0.15, 0.2) is 36.4 Å². The highest BCUT2D eigenvalue weighted by Gasteiger charge is 2.20. The molecule has 19 heavy (non-hydrogen) atoms. The zero-order chi connectivity index (χ0) is 13.2. The molecule has 0 spiro atoms. The minimum atomic E-state index is 0.529. The van der Waals surface area contributed by atoms with Crippen LogP contribution in [-0.4, -0.2) is 11.5 Å². The van der Waals surface area contributed by atoms with Gasteiger partial charge in [0.15, 0.2) is 0 Å². The van der Waals surface area contributed by atoms with E-state index in [1.807, 2.05) is 13.0 Å². The molecule has 0 amide bonds. The smallest absolute Gasteiger partial charge is 0.137 e. The molecule has 0 aliphatic carbocycles. The molecular formula is C16H19N3. The quantitative estimate of drug-likeness (QED) is 0.894. The van der Waals surface area contributed by atoms with Crippen LogP contribution < -0.4 is 10.6 Å². The van der Waals surface area contributed by atoms with Crippen LogP contribution in [0.4, 0.5) is 11.5 Å². The van der Waals surface area contributed by atoms with Crippen molar-refractivity contribution in [2.45, 2.75) is 26.3 Å². The van der Waals surface area contributed by atoms with Crippen LogP contribution in [0.25, 0.3) is 0 Å². The van der Waals surface area contributed by atoms with E-state index < -0.39 is 0 Å². The number of rotatable bonds is 2. The molecule has 98 valence electrons. The topological polar surface area (TPSA) is 42.1 Å². The van der Waals surface area contributed by atoms with E-state index in [0.717, 1.165) is 36.5 Å². The molecule has 1 aliphatic rings. The van der Waals surface area contributed by atoms with Crippen LogP contribution in [0.1, 0.15) is 23.2 Å². The monoisotopic (exact) mass is 253 g/mol. The Bertz CT molecular complexity index is 592. The first-order chi connectivity index (χ1) is 9.29. The second kappa shape index (κ2) is 5.02. The summed E-state index contributed by atoms with van der Waals surface area (Å²) in [5, 5.41) is 0. The Balaban J connectivity index is 2.11. The third kappa shape index (κ3) is 2.22. The van der Waals surface area contributed by atoms with Gasteiger partial charge in [-0.3, -0.25) is 0 Å². The van der Waals surface area contributed by atoms with Crippen molar-refractivity contribution in [3.05, 3.63) is 53.2 Å². The highest BCUT2D eigenvalue weighted by molar-refractivity contribution is 5.67. The fourth-order valence-electron chi connectivity index (χ4n) is 2.72. The van der Waals surface area contributed by atoms with Gasteiger partial charge in [0.25, 0.3) is 0 Å². The Hall–Kier alpha value is -1.87. The number of fused-ring (bicyclic) bond motifs is 1. The fraction of sp³-hybridized carbons (Fsp3) is 0.312. The number of nitrogens with zero attached hydrogens (tertiary/aromatic N) is 2. The molecule has 2 N–H and O–H groups in total. The molecule has 0 bridgehead atoms. The van der Waals surface area contributed by atoms with Crippen LogP contribution in [-0.2, 0) is 13.0 Å². The molecule has 1 aliphatic heterocycles. The summed E-state index contributed by atoms with van der Waals surface area (Å²) in [7, 11) is 0. The molecule has 0 saturated heterocycles. The predicted molar refractivity (Wildman–Crippen MR) is 78.6 cm³/mol. The van der Waals surface area contributed by atoms with Crippen LogP contribution in [0.2, 0.25) is 0 Å². The number of para-hydroxylation sites is 1. The summed E-state index contributed by atoms with van der Waals surface area (Å²) >= 11 is 0. The SMILES string of the molecule is Cc1ccc(CN)c(N2CCCc3ccccc32)n1.